The van der Waals surface area contributed by atoms with Gasteiger partial charge in [0.25, 0.3) is 0 Å². The van der Waals surface area contributed by atoms with E-state index in [4.69, 9.17) is 4.52 Å². The molecule has 1 N–H and O–H groups in total. The molecule has 0 aliphatic rings. The van der Waals surface area contributed by atoms with Gasteiger partial charge >= 0.3 is 0 Å². The number of rotatable bonds is 3. The minimum Gasteiger partial charge on any atom is -0.378 e. The molecule has 1 aromatic carbocycles. The minimum atomic E-state index is -0.209. The second kappa shape index (κ2) is 4.35. The number of benzene rings is 1. The van der Waals surface area contributed by atoms with Gasteiger partial charge in [0.15, 0.2) is 5.76 Å². The molecule has 4 heteroatoms. The Balaban J connectivity index is 2.02. The van der Waals surface area contributed by atoms with Crippen molar-refractivity contribution in [2.24, 2.45) is 0 Å². The van der Waals surface area contributed by atoms with E-state index in [1.54, 1.807) is 13.0 Å². The van der Waals surface area contributed by atoms with Gasteiger partial charge in [-0.05, 0) is 31.5 Å². The first-order valence-corrected chi connectivity index (χ1v) is 5.07. The van der Waals surface area contributed by atoms with Crippen LogP contribution in [0.1, 0.15) is 17.0 Å². The Kier molecular flexibility index (Phi) is 2.90. The van der Waals surface area contributed by atoms with E-state index in [-0.39, 0.29) is 5.82 Å². The van der Waals surface area contributed by atoms with Crippen LogP contribution in [0.15, 0.2) is 28.8 Å². The van der Waals surface area contributed by atoms with Gasteiger partial charge in [-0.1, -0.05) is 11.2 Å². The maximum absolute atomic E-state index is 13.2. The first-order chi connectivity index (χ1) is 7.65. The van der Waals surface area contributed by atoms with Crippen molar-refractivity contribution in [3.8, 4) is 0 Å². The van der Waals surface area contributed by atoms with Crippen LogP contribution in [0.25, 0.3) is 0 Å². The van der Waals surface area contributed by atoms with Crippen LogP contribution < -0.4 is 5.32 Å². The number of nitrogens with one attached hydrogen (secondary N) is 1. The van der Waals surface area contributed by atoms with E-state index in [2.05, 4.69) is 10.5 Å². The second-order valence-electron chi connectivity index (χ2n) is 3.75. The third-order valence-electron chi connectivity index (χ3n) is 2.32. The first kappa shape index (κ1) is 10.7. The summed E-state index contributed by atoms with van der Waals surface area (Å²) in [6, 6.07) is 6.89. The van der Waals surface area contributed by atoms with Gasteiger partial charge in [0.05, 0.1) is 12.2 Å². The number of hydrogen-bond donors (Lipinski definition) is 1. The zero-order chi connectivity index (χ0) is 11.5. The number of anilines is 1. The molecule has 3 nitrogen and oxygen atoms in total. The first-order valence-electron chi connectivity index (χ1n) is 5.07. The largest absolute Gasteiger partial charge is 0.378 e. The van der Waals surface area contributed by atoms with Crippen molar-refractivity contribution < 1.29 is 8.91 Å². The molecule has 1 heterocycles. The van der Waals surface area contributed by atoms with Crippen molar-refractivity contribution in [3.05, 3.63) is 47.1 Å². The molecule has 2 rings (SSSR count). The van der Waals surface area contributed by atoms with Gasteiger partial charge in [-0.2, -0.15) is 0 Å². The molecule has 0 amide bonds. The summed E-state index contributed by atoms with van der Waals surface area (Å²) in [5, 5.41) is 6.84. The molecule has 0 aliphatic heterocycles. The van der Waals surface area contributed by atoms with Crippen LogP contribution in [0, 0.1) is 19.7 Å². The highest BCUT2D eigenvalue weighted by Gasteiger charge is 2.02. The molecule has 0 saturated carbocycles. The Morgan fingerprint density at radius 2 is 2.12 bits per heavy atom. The van der Waals surface area contributed by atoms with E-state index < -0.39 is 0 Å². The van der Waals surface area contributed by atoms with Gasteiger partial charge in [-0.3, -0.25) is 0 Å². The maximum atomic E-state index is 13.2. The predicted octanol–water partition coefficient (Wildman–Crippen LogP) is 3.04. The molecule has 0 spiro atoms. The summed E-state index contributed by atoms with van der Waals surface area (Å²) < 4.78 is 18.3. The highest BCUT2D eigenvalue weighted by Crippen LogP contribution is 2.14. The van der Waals surface area contributed by atoms with Crippen molar-refractivity contribution in [1.82, 2.24) is 5.16 Å². The smallest absolute Gasteiger partial charge is 0.156 e. The summed E-state index contributed by atoms with van der Waals surface area (Å²) >= 11 is 0. The summed E-state index contributed by atoms with van der Waals surface area (Å²) in [6.07, 6.45) is 0. The van der Waals surface area contributed by atoms with Crippen LogP contribution in [-0.4, -0.2) is 5.16 Å². The zero-order valence-corrected chi connectivity index (χ0v) is 9.25. The molecule has 0 saturated heterocycles. The lowest BCUT2D eigenvalue weighted by atomic mass is 10.2. The molecule has 0 radical (unpaired) electrons. The molecular weight excluding hydrogens is 207 g/mol. The van der Waals surface area contributed by atoms with E-state index in [1.165, 1.54) is 6.07 Å². The van der Waals surface area contributed by atoms with Crippen molar-refractivity contribution in [2.75, 3.05) is 5.32 Å². The van der Waals surface area contributed by atoms with Crippen molar-refractivity contribution in [2.45, 2.75) is 20.4 Å². The van der Waals surface area contributed by atoms with Gasteiger partial charge < -0.3 is 9.84 Å². The average molecular weight is 220 g/mol. The number of aromatic nitrogens is 1. The van der Waals surface area contributed by atoms with E-state index in [0.717, 1.165) is 17.1 Å². The average Bonchev–Trinajstić information content (AvgIpc) is 2.66. The number of nitrogens with zero attached hydrogens (tertiary/aromatic N) is 1. The summed E-state index contributed by atoms with van der Waals surface area (Å²) in [5.74, 6) is 0.525. The highest BCUT2D eigenvalue weighted by atomic mass is 19.1. The van der Waals surface area contributed by atoms with Gasteiger partial charge in [-0.15, -0.1) is 0 Å². The lowest BCUT2D eigenvalue weighted by molar-refractivity contribution is 0.384. The van der Waals surface area contributed by atoms with Crippen LogP contribution >= 0.6 is 0 Å². The third-order valence-corrected chi connectivity index (χ3v) is 2.32. The zero-order valence-electron chi connectivity index (χ0n) is 9.25. The molecule has 0 bridgehead atoms. The summed E-state index contributed by atoms with van der Waals surface area (Å²) in [5.41, 5.74) is 2.21. The number of aryl methyl sites for hydroxylation is 2. The van der Waals surface area contributed by atoms with Crippen molar-refractivity contribution in [1.29, 1.82) is 0 Å². The highest BCUT2D eigenvalue weighted by molar-refractivity contribution is 5.45. The fourth-order valence-corrected chi connectivity index (χ4v) is 1.39. The Morgan fingerprint density at radius 1 is 1.31 bits per heavy atom. The Labute approximate surface area is 93.3 Å². The molecule has 84 valence electrons. The minimum absolute atomic E-state index is 0.209. The lowest BCUT2D eigenvalue weighted by Gasteiger charge is -2.04. The van der Waals surface area contributed by atoms with Crippen LogP contribution in [0.4, 0.5) is 10.1 Å². The number of halogens is 1. The van der Waals surface area contributed by atoms with Crippen molar-refractivity contribution >= 4 is 5.69 Å². The van der Waals surface area contributed by atoms with E-state index in [1.807, 2.05) is 19.1 Å². The van der Waals surface area contributed by atoms with Gasteiger partial charge in [0, 0.05) is 11.8 Å². The Bertz CT molecular complexity index is 494. The normalized spacial score (nSPS) is 10.4. The lowest BCUT2D eigenvalue weighted by Crippen LogP contribution is -1.98. The number of hydrogen-bond acceptors (Lipinski definition) is 3. The Hall–Kier alpha value is -1.84. The van der Waals surface area contributed by atoms with Gasteiger partial charge in [0.1, 0.15) is 5.82 Å². The Morgan fingerprint density at radius 3 is 2.75 bits per heavy atom. The van der Waals surface area contributed by atoms with Crippen LogP contribution in [-0.2, 0) is 6.54 Å². The molecule has 16 heavy (non-hydrogen) atoms. The molecule has 0 fully saturated rings. The quantitative estimate of drug-likeness (QED) is 0.863. The fourth-order valence-electron chi connectivity index (χ4n) is 1.39. The van der Waals surface area contributed by atoms with Crippen LogP contribution in [0.5, 0.6) is 0 Å². The second-order valence-corrected chi connectivity index (χ2v) is 3.75. The molecular formula is C12H13FN2O. The topological polar surface area (TPSA) is 38.1 Å². The summed E-state index contributed by atoms with van der Waals surface area (Å²) in [7, 11) is 0. The van der Waals surface area contributed by atoms with Gasteiger partial charge in [0.2, 0.25) is 0 Å². The molecule has 1 aromatic heterocycles. The van der Waals surface area contributed by atoms with E-state index in [9.17, 15) is 4.39 Å². The molecule has 0 aliphatic carbocycles. The van der Waals surface area contributed by atoms with E-state index in [0.29, 0.717) is 12.1 Å². The summed E-state index contributed by atoms with van der Waals surface area (Å²) in [4.78, 5) is 0. The van der Waals surface area contributed by atoms with Crippen LogP contribution in [0.2, 0.25) is 0 Å². The maximum Gasteiger partial charge on any atom is 0.156 e. The monoisotopic (exact) mass is 220 g/mol. The van der Waals surface area contributed by atoms with Gasteiger partial charge in [-0.25, -0.2) is 4.39 Å². The molecule has 2 aromatic rings. The SMILES string of the molecule is Cc1cc(CNc2ccc(C)c(F)c2)on1. The predicted molar refractivity (Wildman–Crippen MR) is 59.7 cm³/mol. The van der Waals surface area contributed by atoms with E-state index >= 15 is 0 Å². The molecule has 0 atom stereocenters. The standard InChI is InChI=1S/C12H13FN2O/c1-8-3-4-10(6-12(8)13)14-7-11-5-9(2)15-16-11/h3-6,14H,7H2,1-2H3. The summed E-state index contributed by atoms with van der Waals surface area (Å²) in [6.45, 7) is 4.10. The fraction of sp³-hybridized carbons (Fsp3) is 0.250. The van der Waals surface area contributed by atoms with Crippen molar-refractivity contribution in [3.63, 3.8) is 0 Å². The van der Waals surface area contributed by atoms with Crippen LogP contribution in [0.3, 0.4) is 0 Å². The molecule has 0 unspecified atom stereocenters. The third kappa shape index (κ3) is 2.39.